The molecule has 0 radical (unpaired) electrons. The summed E-state index contributed by atoms with van der Waals surface area (Å²) in [5, 5.41) is 17.9. The van der Waals surface area contributed by atoms with E-state index in [1.165, 1.54) is 21.7 Å². The van der Waals surface area contributed by atoms with Crippen LogP contribution < -0.4 is 10.9 Å². The van der Waals surface area contributed by atoms with Crippen molar-refractivity contribution in [1.82, 2.24) is 29.4 Å². The van der Waals surface area contributed by atoms with E-state index >= 15 is 0 Å². The van der Waals surface area contributed by atoms with Gasteiger partial charge in [0, 0.05) is 37.5 Å². The predicted molar refractivity (Wildman–Crippen MR) is 126 cm³/mol. The largest absolute Gasteiger partial charge is 0.494 e. The first-order chi connectivity index (χ1) is 16.3. The summed E-state index contributed by atoms with van der Waals surface area (Å²) in [6, 6.07) is 5.53. The van der Waals surface area contributed by atoms with Gasteiger partial charge in [0.2, 0.25) is 11.8 Å². The van der Waals surface area contributed by atoms with Crippen LogP contribution >= 0.6 is 0 Å². The van der Waals surface area contributed by atoms with Crippen molar-refractivity contribution in [3.8, 4) is 5.88 Å². The topological polar surface area (TPSA) is 122 Å². The number of amides is 2. The fourth-order valence-corrected chi connectivity index (χ4v) is 3.65. The highest BCUT2D eigenvalue weighted by atomic mass is 16.3. The number of aromatic nitrogens is 4. The summed E-state index contributed by atoms with van der Waals surface area (Å²) in [7, 11) is 1.67. The number of carbonyl (C=O) groups excluding carboxylic acids is 2. The average molecular weight is 465 g/mol. The SMILES string of the molecule is CC(C)Cn1c(O)c(C(=O)NC2CC2)c(=O)n2ncc(/C=C/C(=O)N(C)Cc3ccccn3)c12. The Kier molecular flexibility index (Phi) is 6.49. The molecule has 0 aromatic carbocycles. The van der Waals surface area contributed by atoms with Gasteiger partial charge in [0.25, 0.3) is 11.5 Å². The van der Waals surface area contributed by atoms with Crippen LogP contribution in [0.1, 0.15) is 48.3 Å². The molecule has 3 aromatic rings. The van der Waals surface area contributed by atoms with E-state index in [1.54, 1.807) is 19.3 Å². The molecule has 1 fully saturated rings. The van der Waals surface area contributed by atoms with Crippen molar-refractivity contribution in [2.45, 2.75) is 45.8 Å². The molecular formula is C24H28N6O4. The number of pyridine rings is 1. The molecule has 1 saturated carbocycles. The van der Waals surface area contributed by atoms with Gasteiger partial charge >= 0.3 is 0 Å². The van der Waals surface area contributed by atoms with E-state index in [4.69, 9.17) is 0 Å². The normalized spacial score (nSPS) is 13.6. The number of likely N-dealkylation sites (N-methyl/N-ethyl adjacent to an activating group) is 1. The third-order valence-electron chi connectivity index (χ3n) is 5.51. The Morgan fingerprint density at radius 1 is 1.32 bits per heavy atom. The van der Waals surface area contributed by atoms with Crippen molar-refractivity contribution in [2.24, 2.45) is 5.92 Å². The van der Waals surface area contributed by atoms with Gasteiger partial charge in [-0.2, -0.15) is 9.61 Å². The van der Waals surface area contributed by atoms with Crippen LogP contribution in [-0.4, -0.2) is 54.1 Å². The first kappa shape index (κ1) is 23.2. The van der Waals surface area contributed by atoms with E-state index in [0.29, 0.717) is 24.3 Å². The van der Waals surface area contributed by atoms with E-state index in [1.807, 2.05) is 32.0 Å². The number of fused-ring (bicyclic) bond motifs is 1. The van der Waals surface area contributed by atoms with Gasteiger partial charge in [-0.25, -0.2) is 0 Å². The molecule has 3 heterocycles. The smallest absolute Gasteiger partial charge is 0.291 e. The number of nitrogens with zero attached hydrogens (tertiary/aromatic N) is 5. The maximum absolute atomic E-state index is 13.1. The van der Waals surface area contributed by atoms with Gasteiger partial charge in [-0.1, -0.05) is 19.9 Å². The Morgan fingerprint density at radius 2 is 2.09 bits per heavy atom. The van der Waals surface area contributed by atoms with Crippen molar-refractivity contribution >= 4 is 23.5 Å². The maximum atomic E-state index is 13.1. The lowest BCUT2D eigenvalue weighted by molar-refractivity contribution is -0.125. The molecule has 0 atom stereocenters. The third-order valence-corrected chi connectivity index (χ3v) is 5.51. The summed E-state index contributed by atoms with van der Waals surface area (Å²) in [5.74, 6) is -1.16. The fourth-order valence-electron chi connectivity index (χ4n) is 3.65. The molecule has 10 nitrogen and oxygen atoms in total. The summed E-state index contributed by atoms with van der Waals surface area (Å²) in [5.41, 5.74) is 0.515. The van der Waals surface area contributed by atoms with Crippen LogP contribution in [0.3, 0.4) is 0 Å². The first-order valence-corrected chi connectivity index (χ1v) is 11.2. The molecule has 2 amide bonds. The fraction of sp³-hybridized carbons (Fsp3) is 0.375. The minimum atomic E-state index is -0.705. The zero-order valence-corrected chi connectivity index (χ0v) is 19.4. The summed E-state index contributed by atoms with van der Waals surface area (Å²) in [6.45, 7) is 4.61. The summed E-state index contributed by atoms with van der Waals surface area (Å²) >= 11 is 0. The molecule has 3 aromatic heterocycles. The molecule has 0 saturated heterocycles. The van der Waals surface area contributed by atoms with E-state index < -0.39 is 17.3 Å². The van der Waals surface area contributed by atoms with Crippen LogP contribution in [0, 0.1) is 5.92 Å². The average Bonchev–Trinajstić information content (AvgIpc) is 3.50. The number of hydrogen-bond donors (Lipinski definition) is 2. The van der Waals surface area contributed by atoms with Crippen molar-refractivity contribution in [2.75, 3.05) is 7.05 Å². The lowest BCUT2D eigenvalue weighted by atomic mass is 10.2. The van der Waals surface area contributed by atoms with Crippen LogP contribution in [0.15, 0.2) is 41.5 Å². The van der Waals surface area contributed by atoms with E-state index in [-0.39, 0.29) is 23.4 Å². The Balaban J connectivity index is 1.68. The molecule has 178 valence electrons. The second-order valence-electron chi connectivity index (χ2n) is 8.94. The van der Waals surface area contributed by atoms with Crippen LogP contribution in [0.4, 0.5) is 0 Å². The lowest BCUT2D eigenvalue weighted by Crippen LogP contribution is -2.34. The highest BCUT2D eigenvalue weighted by Gasteiger charge is 2.29. The zero-order valence-electron chi connectivity index (χ0n) is 19.4. The van der Waals surface area contributed by atoms with Gasteiger partial charge in [0.1, 0.15) is 5.65 Å². The van der Waals surface area contributed by atoms with Crippen molar-refractivity contribution in [1.29, 1.82) is 0 Å². The minimum Gasteiger partial charge on any atom is -0.494 e. The number of nitrogens with one attached hydrogen (secondary N) is 1. The minimum absolute atomic E-state index is 0.0331. The van der Waals surface area contributed by atoms with E-state index in [0.717, 1.165) is 23.1 Å². The monoisotopic (exact) mass is 464 g/mol. The molecule has 0 unspecified atom stereocenters. The van der Waals surface area contributed by atoms with Crippen molar-refractivity contribution < 1.29 is 14.7 Å². The number of rotatable bonds is 8. The maximum Gasteiger partial charge on any atom is 0.291 e. The van der Waals surface area contributed by atoms with Gasteiger partial charge in [-0.05, 0) is 37.0 Å². The Hall–Kier alpha value is -3.95. The Morgan fingerprint density at radius 3 is 2.74 bits per heavy atom. The highest BCUT2D eigenvalue weighted by molar-refractivity contribution is 5.97. The quantitative estimate of drug-likeness (QED) is 0.491. The van der Waals surface area contributed by atoms with Crippen molar-refractivity contribution in [3.63, 3.8) is 0 Å². The number of carbonyl (C=O) groups is 2. The molecule has 0 aliphatic heterocycles. The summed E-state index contributed by atoms with van der Waals surface area (Å²) in [6.07, 6.45) is 7.76. The molecule has 4 rings (SSSR count). The predicted octanol–water partition coefficient (Wildman–Crippen LogP) is 1.82. The Labute approximate surface area is 196 Å². The van der Waals surface area contributed by atoms with Gasteiger partial charge in [-0.3, -0.25) is 23.9 Å². The standard InChI is InChI=1S/C24H28N6O4/c1-15(2)13-29-22-16(7-10-19(31)28(3)14-18-6-4-5-11-25-18)12-26-30(22)24(34)20(23(29)33)21(32)27-17-8-9-17/h4-7,10-12,15,17,33H,8-9,13-14H2,1-3H3,(H,27,32)/b10-7+. The van der Waals surface area contributed by atoms with Crippen LogP contribution in [0.25, 0.3) is 11.7 Å². The highest BCUT2D eigenvalue weighted by Crippen LogP contribution is 2.24. The summed E-state index contributed by atoms with van der Waals surface area (Å²) in [4.78, 5) is 44.1. The van der Waals surface area contributed by atoms with Crippen LogP contribution in [0.2, 0.25) is 0 Å². The first-order valence-electron chi connectivity index (χ1n) is 11.2. The van der Waals surface area contributed by atoms with Gasteiger partial charge in [0.15, 0.2) is 5.56 Å². The zero-order chi connectivity index (χ0) is 24.4. The van der Waals surface area contributed by atoms with Gasteiger partial charge in [0.05, 0.1) is 18.4 Å². The Bertz CT molecular complexity index is 1300. The van der Waals surface area contributed by atoms with E-state index in [2.05, 4.69) is 15.4 Å². The van der Waals surface area contributed by atoms with Crippen LogP contribution in [0.5, 0.6) is 5.88 Å². The molecular weight excluding hydrogens is 436 g/mol. The molecule has 1 aliphatic carbocycles. The molecule has 0 spiro atoms. The molecule has 2 N–H and O–H groups in total. The third kappa shape index (κ3) is 4.85. The summed E-state index contributed by atoms with van der Waals surface area (Å²) < 4.78 is 2.61. The second kappa shape index (κ2) is 9.50. The van der Waals surface area contributed by atoms with E-state index in [9.17, 15) is 19.5 Å². The van der Waals surface area contributed by atoms with Gasteiger partial charge < -0.3 is 15.3 Å². The molecule has 34 heavy (non-hydrogen) atoms. The van der Waals surface area contributed by atoms with Crippen LogP contribution in [-0.2, 0) is 17.9 Å². The molecule has 1 aliphatic rings. The van der Waals surface area contributed by atoms with Gasteiger partial charge in [-0.15, -0.1) is 0 Å². The lowest BCUT2D eigenvalue weighted by Gasteiger charge is -2.17. The second-order valence-corrected chi connectivity index (χ2v) is 8.94. The number of hydrogen-bond acceptors (Lipinski definition) is 6. The van der Waals surface area contributed by atoms with Crippen molar-refractivity contribution in [3.05, 3.63) is 63.8 Å². The molecule has 0 bridgehead atoms. The molecule has 10 heteroatoms. The number of aromatic hydroxyl groups is 1.